The molecule has 2 aromatic heterocycles. The van der Waals surface area contributed by atoms with Gasteiger partial charge in [-0.25, -0.2) is 4.98 Å². The number of aromatic nitrogens is 2. The first-order valence-electron chi connectivity index (χ1n) is 12.7. The molecule has 8 nitrogen and oxygen atoms in total. The van der Waals surface area contributed by atoms with Crippen LogP contribution in [0.5, 0.6) is 17.2 Å². The fourth-order valence-electron chi connectivity index (χ4n) is 4.14. The van der Waals surface area contributed by atoms with Gasteiger partial charge in [-0.15, -0.1) is 0 Å². The Hall–Kier alpha value is -4.11. The van der Waals surface area contributed by atoms with E-state index in [0.29, 0.717) is 51.7 Å². The summed E-state index contributed by atoms with van der Waals surface area (Å²) in [5.74, 6) is 2.55. The van der Waals surface area contributed by atoms with E-state index in [1.807, 2.05) is 50.2 Å². The van der Waals surface area contributed by atoms with E-state index in [9.17, 15) is 4.79 Å². The second-order valence-electron chi connectivity index (χ2n) is 8.89. The summed E-state index contributed by atoms with van der Waals surface area (Å²) in [6.07, 6.45) is 2.48. The first kappa shape index (κ1) is 26.5. The molecule has 0 N–H and O–H groups in total. The highest BCUT2D eigenvalue weighted by Crippen LogP contribution is 2.35. The minimum Gasteiger partial charge on any atom is -0.496 e. The molecule has 200 valence electrons. The fraction of sp³-hybridized carbons (Fsp3) is 0.233. The maximum absolute atomic E-state index is 13.6. The summed E-state index contributed by atoms with van der Waals surface area (Å²) in [6.45, 7) is 6.46. The average molecular weight is 590 g/mol. The van der Waals surface area contributed by atoms with Gasteiger partial charge in [0.2, 0.25) is 5.82 Å². The van der Waals surface area contributed by atoms with E-state index >= 15 is 0 Å². The summed E-state index contributed by atoms with van der Waals surface area (Å²) in [5, 5.41) is 5.80. The van der Waals surface area contributed by atoms with E-state index < -0.39 is 0 Å². The number of fused-ring (bicyclic) bond motifs is 2. The normalized spacial score (nSPS) is 12.3. The summed E-state index contributed by atoms with van der Waals surface area (Å²) in [7, 11) is 1.60. The first-order chi connectivity index (χ1) is 18.9. The fourth-order valence-corrected chi connectivity index (χ4v) is 4.57. The van der Waals surface area contributed by atoms with Gasteiger partial charge in [-0.3, -0.25) is 4.79 Å². The number of rotatable bonds is 9. The molecule has 0 aliphatic carbocycles. The van der Waals surface area contributed by atoms with Crippen molar-refractivity contribution in [1.82, 2.24) is 9.66 Å². The average Bonchev–Trinajstić information content (AvgIpc) is 3.39. The topological polar surface area (TPSA) is 88.1 Å². The second-order valence-corrected chi connectivity index (χ2v) is 9.74. The molecule has 5 aromatic rings. The lowest BCUT2D eigenvalue weighted by Gasteiger charge is -2.17. The Bertz CT molecular complexity index is 1740. The number of hydrogen-bond donors (Lipinski definition) is 0. The van der Waals surface area contributed by atoms with Crippen LogP contribution in [0.15, 0.2) is 79.4 Å². The van der Waals surface area contributed by atoms with Crippen LogP contribution in [0.3, 0.4) is 0 Å². The Balaban J connectivity index is 1.66. The zero-order chi connectivity index (χ0) is 27.5. The Morgan fingerprint density at radius 1 is 1.05 bits per heavy atom. The lowest BCUT2D eigenvalue weighted by Crippen LogP contribution is -2.20. The van der Waals surface area contributed by atoms with Gasteiger partial charge in [0.1, 0.15) is 11.3 Å². The van der Waals surface area contributed by atoms with Gasteiger partial charge in [-0.2, -0.15) is 9.78 Å². The van der Waals surface area contributed by atoms with Crippen molar-refractivity contribution >= 4 is 44.0 Å². The van der Waals surface area contributed by atoms with Crippen molar-refractivity contribution in [2.45, 2.75) is 33.3 Å². The van der Waals surface area contributed by atoms with Crippen molar-refractivity contribution < 1.29 is 18.6 Å². The molecule has 0 saturated heterocycles. The van der Waals surface area contributed by atoms with Crippen LogP contribution in [0.2, 0.25) is 0 Å². The minimum atomic E-state index is -0.322. The highest BCUT2D eigenvalue weighted by atomic mass is 79.9. The number of furan rings is 1. The van der Waals surface area contributed by atoms with E-state index in [2.05, 4.69) is 28.0 Å². The molecule has 39 heavy (non-hydrogen) atoms. The van der Waals surface area contributed by atoms with Crippen LogP contribution < -0.4 is 19.8 Å². The molecular weight excluding hydrogens is 562 g/mol. The van der Waals surface area contributed by atoms with Crippen molar-refractivity contribution in [3.63, 3.8) is 0 Å². The van der Waals surface area contributed by atoms with Crippen LogP contribution in [-0.2, 0) is 0 Å². The van der Waals surface area contributed by atoms with Crippen molar-refractivity contribution in [3.05, 3.63) is 81.1 Å². The van der Waals surface area contributed by atoms with Gasteiger partial charge in [-0.1, -0.05) is 25.1 Å². The molecule has 0 amide bonds. The van der Waals surface area contributed by atoms with Gasteiger partial charge in [-0.05, 0) is 78.7 Å². The van der Waals surface area contributed by atoms with Gasteiger partial charge in [0, 0.05) is 10.0 Å². The molecule has 0 saturated carbocycles. The number of halogens is 1. The summed E-state index contributed by atoms with van der Waals surface area (Å²) >= 11 is 3.62. The Morgan fingerprint density at radius 3 is 2.64 bits per heavy atom. The second kappa shape index (κ2) is 11.3. The zero-order valence-corrected chi connectivity index (χ0v) is 23.7. The van der Waals surface area contributed by atoms with E-state index in [4.69, 9.17) is 23.6 Å². The molecule has 2 heterocycles. The molecule has 5 rings (SSSR count). The van der Waals surface area contributed by atoms with Crippen molar-refractivity contribution in [3.8, 4) is 28.8 Å². The largest absolute Gasteiger partial charge is 0.496 e. The lowest BCUT2D eigenvalue weighted by molar-refractivity contribution is 0.203. The van der Waals surface area contributed by atoms with Crippen LogP contribution in [0.25, 0.3) is 33.5 Å². The lowest BCUT2D eigenvalue weighted by atomic mass is 10.2. The molecule has 0 radical (unpaired) electrons. The Labute approximate surface area is 234 Å². The third-order valence-electron chi connectivity index (χ3n) is 6.29. The maximum atomic E-state index is 13.6. The molecule has 3 aromatic carbocycles. The minimum absolute atomic E-state index is 0.0304. The third-order valence-corrected chi connectivity index (χ3v) is 6.98. The van der Waals surface area contributed by atoms with Gasteiger partial charge in [0.25, 0.3) is 5.56 Å². The number of hydrogen-bond acceptors (Lipinski definition) is 7. The van der Waals surface area contributed by atoms with Crippen LogP contribution in [0, 0.1) is 0 Å². The summed E-state index contributed by atoms with van der Waals surface area (Å²) < 4.78 is 25.5. The number of para-hydroxylation sites is 1. The van der Waals surface area contributed by atoms with E-state index in [-0.39, 0.29) is 17.5 Å². The Kier molecular flexibility index (Phi) is 7.70. The molecule has 0 unspecified atom stereocenters. The molecule has 0 aliphatic rings. The van der Waals surface area contributed by atoms with Gasteiger partial charge < -0.3 is 18.6 Å². The van der Waals surface area contributed by atoms with Crippen molar-refractivity contribution in [1.29, 1.82) is 0 Å². The highest BCUT2D eigenvalue weighted by Gasteiger charge is 2.18. The Morgan fingerprint density at radius 2 is 1.87 bits per heavy atom. The molecule has 0 spiro atoms. The summed E-state index contributed by atoms with van der Waals surface area (Å²) in [4.78, 5) is 18.4. The molecule has 0 aliphatic heterocycles. The van der Waals surface area contributed by atoms with Crippen LogP contribution in [0.1, 0.15) is 32.8 Å². The van der Waals surface area contributed by atoms with Crippen molar-refractivity contribution in [2.75, 3.05) is 13.7 Å². The molecule has 0 bridgehead atoms. The predicted octanol–water partition coefficient (Wildman–Crippen LogP) is 7.04. The zero-order valence-electron chi connectivity index (χ0n) is 22.1. The predicted molar refractivity (Wildman–Crippen MR) is 156 cm³/mol. The SMILES string of the molecule is CCOc1cc(C=Nn2c(-c3cc4c(OC)cccc4o3)nc3ccccc3c2=O)c(Br)cc1O[C@@H](C)CC. The van der Waals surface area contributed by atoms with Crippen molar-refractivity contribution in [2.24, 2.45) is 5.10 Å². The van der Waals surface area contributed by atoms with E-state index in [0.717, 1.165) is 16.3 Å². The molecule has 0 fully saturated rings. The molecule has 9 heteroatoms. The third kappa shape index (κ3) is 5.27. The van der Waals surface area contributed by atoms with Crippen LogP contribution >= 0.6 is 15.9 Å². The summed E-state index contributed by atoms with van der Waals surface area (Å²) in [6, 6.07) is 18.2. The maximum Gasteiger partial charge on any atom is 0.282 e. The standard InChI is InChI=1S/C30H28BrN3O5/c1-5-18(3)38-27-16-22(31)19(14-26(27)37-6-2)17-32-34-29(33-23-11-8-7-10-20(23)30(34)35)28-15-21-24(36-4)12-9-13-25(21)39-28/h7-18H,5-6H2,1-4H3/t18-/m0/s1. The van der Waals surface area contributed by atoms with Gasteiger partial charge in [0.15, 0.2) is 17.3 Å². The monoisotopic (exact) mass is 589 g/mol. The van der Waals surface area contributed by atoms with Crippen LogP contribution in [-0.4, -0.2) is 35.7 Å². The van der Waals surface area contributed by atoms with Gasteiger partial charge in [0.05, 0.1) is 42.3 Å². The molecule has 1 atom stereocenters. The first-order valence-corrected chi connectivity index (χ1v) is 13.5. The quantitative estimate of drug-likeness (QED) is 0.171. The smallest absolute Gasteiger partial charge is 0.282 e. The number of benzene rings is 3. The highest BCUT2D eigenvalue weighted by molar-refractivity contribution is 9.10. The number of nitrogens with zero attached hydrogens (tertiary/aromatic N) is 3. The van der Waals surface area contributed by atoms with E-state index in [1.165, 1.54) is 4.68 Å². The molecular formula is C30H28BrN3O5. The summed E-state index contributed by atoms with van der Waals surface area (Å²) in [5.41, 5.74) is 1.54. The van der Waals surface area contributed by atoms with Crippen LogP contribution in [0.4, 0.5) is 0 Å². The number of methoxy groups -OCH3 is 1. The van der Waals surface area contributed by atoms with E-state index in [1.54, 1.807) is 37.6 Å². The van der Waals surface area contributed by atoms with Gasteiger partial charge >= 0.3 is 0 Å². The number of ether oxygens (including phenoxy) is 3.